The highest BCUT2D eigenvalue weighted by Crippen LogP contribution is 2.29. The van der Waals surface area contributed by atoms with Crippen molar-refractivity contribution in [1.29, 1.82) is 0 Å². The molecule has 0 spiro atoms. The monoisotopic (exact) mass is 223 g/mol. The molecule has 2 N–H and O–H groups in total. The van der Waals surface area contributed by atoms with Gasteiger partial charge in [-0.3, -0.25) is 4.68 Å². The van der Waals surface area contributed by atoms with E-state index in [0.29, 0.717) is 18.5 Å². The van der Waals surface area contributed by atoms with Gasteiger partial charge in [-0.15, -0.1) is 0 Å². The van der Waals surface area contributed by atoms with Crippen molar-refractivity contribution in [2.45, 2.75) is 45.2 Å². The standard InChI is InChI=1S/C12H21N3O/c1-9(2)15-12(7-11(8-13)14-15)10-3-5-16-6-4-10/h7,9-10H,3-6,8,13H2,1-2H3. The predicted octanol–water partition coefficient (Wildman–Crippen LogP) is 1.82. The van der Waals surface area contributed by atoms with Crippen molar-refractivity contribution in [2.24, 2.45) is 5.73 Å². The lowest BCUT2D eigenvalue weighted by Crippen LogP contribution is -2.18. The second-order valence-corrected chi connectivity index (χ2v) is 4.69. The number of hydrogen-bond acceptors (Lipinski definition) is 3. The molecule has 0 amide bonds. The molecule has 1 fully saturated rings. The van der Waals surface area contributed by atoms with E-state index in [4.69, 9.17) is 10.5 Å². The van der Waals surface area contributed by atoms with Crippen molar-refractivity contribution in [1.82, 2.24) is 9.78 Å². The Hall–Kier alpha value is -0.870. The van der Waals surface area contributed by atoms with E-state index in [2.05, 4.69) is 29.7 Å². The van der Waals surface area contributed by atoms with Gasteiger partial charge in [-0.2, -0.15) is 5.10 Å². The largest absolute Gasteiger partial charge is 0.381 e. The van der Waals surface area contributed by atoms with E-state index in [-0.39, 0.29) is 0 Å². The SMILES string of the molecule is CC(C)n1nc(CN)cc1C1CCOCC1. The Balaban J connectivity index is 2.26. The molecule has 0 atom stereocenters. The zero-order valence-corrected chi connectivity index (χ0v) is 10.1. The number of nitrogens with zero attached hydrogens (tertiary/aromatic N) is 2. The highest BCUT2D eigenvalue weighted by Gasteiger charge is 2.21. The molecule has 1 aliphatic heterocycles. The smallest absolute Gasteiger partial charge is 0.0763 e. The van der Waals surface area contributed by atoms with Gasteiger partial charge in [0.05, 0.1) is 5.69 Å². The zero-order chi connectivity index (χ0) is 11.5. The molecule has 4 nitrogen and oxygen atoms in total. The molecule has 0 aliphatic carbocycles. The van der Waals surface area contributed by atoms with Crippen LogP contribution in [0.1, 0.15) is 50.0 Å². The molecule has 2 heterocycles. The Morgan fingerprint density at radius 3 is 2.75 bits per heavy atom. The predicted molar refractivity (Wildman–Crippen MR) is 63.3 cm³/mol. The Kier molecular flexibility index (Phi) is 3.61. The summed E-state index contributed by atoms with van der Waals surface area (Å²) in [4.78, 5) is 0. The van der Waals surface area contributed by atoms with Crippen LogP contribution in [-0.4, -0.2) is 23.0 Å². The second-order valence-electron chi connectivity index (χ2n) is 4.69. The van der Waals surface area contributed by atoms with Gasteiger partial charge in [0.1, 0.15) is 0 Å². The Morgan fingerprint density at radius 2 is 2.19 bits per heavy atom. The van der Waals surface area contributed by atoms with Gasteiger partial charge in [0.25, 0.3) is 0 Å². The van der Waals surface area contributed by atoms with Crippen LogP contribution in [0.15, 0.2) is 6.07 Å². The van der Waals surface area contributed by atoms with Gasteiger partial charge in [-0.1, -0.05) is 0 Å². The van der Waals surface area contributed by atoms with E-state index in [1.807, 2.05) is 0 Å². The van der Waals surface area contributed by atoms with Crippen LogP contribution in [0.5, 0.6) is 0 Å². The number of nitrogens with two attached hydrogens (primary N) is 1. The van der Waals surface area contributed by atoms with Crippen molar-refractivity contribution in [3.8, 4) is 0 Å². The number of rotatable bonds is 3. The van der Waals surface area contributed by atoms with Crippen molar-refractivity contribution < 1.29 is 4.74 Å². The molecule has 2 rings (SSSR count). The van der Waals surface area contributed by atoms with Crippen LogP contribution < -0.4 is 5.73 Å². The summed E-state index contributed by atoms with van der Waals surface area (Å²) in [6.45, 7) is 6.58. The van der Waals surface area contributed by atoms with Gasteiger partial charge >= 0.3 is 0 Å². The highest BCUT2D eigenvalue weighted by atomic mass is 16.5. The van der Waals surface area contributed by atoms with Crippen molar-refractivity contribution >= 4 is 0 Å². The molecular formula is C12H21N3O. The van der Waals surface area contributed by atoms with E-state index >= 15 is 0 Å². The maximum atomic E-state index is 5.66. The quantitative estimate of drug-likeness (QED) is 0.850. The van der Waals surface area contributed by atoms with Crippen LogP contribution in [-0.2, 0) is 11.3 Å². The third-order valence-corrected chi connectivity index (χ3v) is 3.15. The summed E-state index contributed by atoms with van der Waals surface area (Å²) in [5.41, 5.74) is 7.99. The van der Waals surface area contributed by atoms with Crippen LogP contribution in [0.4, 0.5) is 0 Å². The Labute approximate surface area is 96.8 Å². The second kappa shape index (κ2) is 4.97. The minimum Gasteiger partial charge on any atom is -0.381 e. The number of aromatic nitrogens is 2. The molecule has 90 valence electrons. The maximum Gasteiger partial charge on any atom is 0.0763 e. The molecule has 1 aromatic heterocycles. The zero-order valence-electron chi connectivity index (χ0n) is 10.1. The average molecular weight is 223 g/mol. The molecule has 0 aromatic carbocycles. The molecule has 1 aromatic rings. The lowest BCUT2D eigenvalue weighted by Gasteiger charge is -2.24. The lowest BCUT2D eigenvalue weighted by molar-refractivity contribution is 0.0832. The number of ether oxygens (including phenoxy) is 1. The van der Waals surface area contributed by atoms with Crippen LogP contribution in [0.25, 0.3) is 0 Å². The van der Waals surface area contributed by atoms with Gasteiger partial charge in [0.2, 0.25) is 0 Å². The van der Waals surface area contributed by atoms with E-state index in [0.717, 1.165) is 31.7 Å². The minimum atomic E-state index is 0.401. The van der Waals surface area contributed by atoms with E-state index in [1.165, 1.54) is 5.69 Å². The molecule has 0 saturated carbocycles. The Bertz CT molecular complexity index is 340. The summed E-state index contributed by atoms with van der Waals surface area (Å²) in [7, 11) is 0. The van der Waals surface area contributed by atoms with Crippen LogP contribution in [0.2, 0.25) is 0 Å². The normalized spacial score (nSPS) is 18.2. The summed E-state index contributed by atoms with van der Waals surface area (Å²) in [5.74, 6) is 0.587. The van der Waals surface area contributed by atoms with E-state index < -0.39 is 0 Å². The van der Waals surface area contributed by atoms with Crippen molar-refractivity contribution in [3.05, 3.63) is 17.5 Å². The molecule has 0 unspecified atom stereocenters. The van der Waals surface area contributed by atoms with E-state index in [1.54, 1.807) is 0 Å². The Morgan fingerprint density at radius 1 is 1.50 bits per heavy atom. The van der Waals surface area contributed by atoms with Gasteiger partial charge in [-0.05, 0) is 32.8 Å². The molecule has 4 heteroatoms. The van der Waals surface area contributed by atoms with Crippen LogP contribution in [0.3, 0.4) is 0 Å². The van der Waals surface area contributed by atoms with Crippen LogP contribution in [0, 0.1) is 0 Å². The minimum absolute atomic E-state index is 0.401. The third kappa shape index (κ3) is 2.28. The first kappa shape index (κ1) is 11.6. The molecule has 1 saturated heterocycles. The number of hydrogen-bond donors (Lipinski definition) is 1. The van der Waals surface area contributed by atoms with Crippen molar-refractivity contribution in [2.75, 3.05) is 13.2 Å². The molecular weight excluding hydrogens is 202 g/mol. The highest BCUT2D eigenvalue weighted by molar-refractivity contribution is 5.16. The molecule has 0 radical (unpaired) electrons. The van der Waals surface area contributed by atoms with Gasteiger partial charge < -0.3 is 10.5 Å². The van der Waals surface area contributed by atoms with E-state index in [9.17, 15) is 0 Å². The maximum absolute atomic E-state index is 5.66. The fourth-order valence-corrected chi connectivity index (χ4v) is 2.27. The first-order valence-corrected chi connectivity index (χ1v) is 6.08. The molecule has 16 heavy (non-hydrogen) atoms. The summed E-state index contributed by atoms with van der Waals surface area (Å²) < 4.78 is 7.52. The fourth-order valence-electron chi connectivity index (χ4n) is 2.27. The first-order chi connectivity index (χ1) is 7.72. The van der Waals surface area contributed by atoms with Crippen molar-refractivity contribution in [3.63, 3.8) is 0 Å². The lowest BCUT2D eigenvalue weighted by atomic mass is 9.96. The fraction of sp³-hybridized carbons (Fsp3) is 0.750. The molecule has 0 bridgehead atoms. The summed E-state index contributed by atoms with van der Waals surface area (Å²) >= 11 is 0. The summed E-state index contributed by atoms with van der Waals surface area (Å²) in [6.07, 6.45) is 2.20. The van der Waals surface area contributed by atoms with Crippen LogP contribution >= 0.6 is 0 Å². The summed E-state index contributed by atoms with van der Waals surface area (Å²) in [5, 5.41) is 4.55. The average Bonchev–Trinajstić information content (AvgIpc) is 2.74. The molecule has 1 aliphatic rings. The van der Waals surface area contributed by atoms with Gasteiger partial charge in [-0.25, -0.2) is 0 Å². The van der Waals surface area contributed by atoms with Gasteiger partial charge in [0.15, 0.2) is 0 Å². The topological polar surface area (TPSA) is 53.1 Å². The third-order valence-electron chi connectivity index (χ3n) is 3.15. The summed E-state index contributed by atoms with van der Waals surface area (Å²) in [6, 6.07) is 2.56. The van der Waals surface area contributed by atoms with Gasteiger partial charge in [0, 0.05) is 37.4 Å². The first-order valence-electron chi connectivity index (χ1n) is 6.08.